The van der Waals surface area contributed by atoms with Gasteiger partial charge < -0.3 is 4.42 Å². The van der Waals surface area contributed by atoms with Crippen LogP contribution >= 0.6 is 0 Å². The number of rotatable bonds is 6. The van der Waals surface area contributed by atoms with Crippen LogP contribution in [0.4, 0.5) is 0 Å². The summed E-state index contributed by atoms with van der Waals surface area (Å²) in [6.45, 7) is 18.6. The van der Waals surface area contributed by atoms with Gasteiger partial charge in [-0.1, -0.05) is 119 Å². The molecular weight excluding hydrogens is 565 g/mol. The maximum atomic E-state index is 6.62. The quantitative estimate of drug-likeness (QED) is 0.176. The summed E-state index contributed by atoms with van der Waals surface area (Å²) in [6.07, 6.45) is 0. The van der Waals surface area contributed by atoms with Gasteiger partial charge in [-0.2, -0.15) is 0 Å². The second kappa shape index (κ2) is 10.9. The second-order valence-corrected chi connectivity index (χ2v) is 19.2. The van der Waals surface area contributed by atoms with Crippen molar-refractivity contribution in [2.75, 3.05) is 0 Å². The van der Waals surface area contributed by atoms with E-state index in [0.717, 1.165) is 49.9 Å². The Morgan fingerprint density at radius 2 is 1.33 bits per heavy atom. The largest absolute Gasteiger partial charge is 0.455 e. The van der Waals surface area contributed by atoms with Gasteiger partial charge in [-0.15, -0.1) is 0 Å². The Hall–Kier alpha value is -4.41. The van der Waals surface area contributed by atoms with Crippen molar-refractivity contribution in [2.24, 2.45) is 0 Å². The minimum atomic E-state index is -1.38. The van der Waals surface area contributed by atoms with Crippen LogP contribution in [-0.4, -0.2) is 17.6 Å². The summed E-state index contributed by atoms with van der Waals surface area (Å²) in [4.78, 5) is 5.36. The van der Waals surface area contributed by atoms with Crippen molar-refractivity contribution >= 4 is 46.2 Å². The van der Waals surface area contributed by atoms with Crippen LogP contribution in [0, 0.1) is 6.92 Å². The fourth-order valence-corrected chi connectivity index (χ4v) is 7.90. The van der Waals surface area contributed by atoms with Crippen molar-refractivity contribution in [3.05, 3.63) is 114 Å². The first-order valence-corrected chi connectivity index (χ1v) is 19.7. The van der Waals surface area contributed by atoms with Crippen molar-refractivity contribution < 1.29 is 4.42 Å². The zero-order chi connectivity index (χ0) is 31.6. The molecule has 0 aliphatic heterocycles. The molecule has 0 aliphatic rings. The molecule has 7 rings (SSSR count). The molecule has 5 aromatic carbocycles. The average molecular weight is 607 g/mol. The predicted octanol–water partition coefficient (Wildman–Crippen LogP) is 11.4. The predicted molar refractivity (Wildman–Crippen MR) is 195 cm³/mol. The van der Waals surface area contributed by atoms with Crippen molar-refractivity contribution in [2.45, 2.75) is 66.1 Å². The second-order valence-electron chi connectivity index (χ2n) is 14.1. The lowest BCUT2D eigenvalue weighted by Crippen LogP contribution is -2.37. The molecule has 4 heteroatoms. The van der Waals surface area contributed by atoms with Crippen LogP contribution in [0.3, 0.4) is 0 Å². The molecule has 3 nitrogen and oxygen atoms in total. The molecule has 226 valence electrons. The normalized spacial score (nSPS) is 12.4. The molecule has 0 unspecified atom stereocenters. The molecule has 0 bridgehead atoms. The van der Waals surface area contributed by atoms with Crippen molar-refractivity contribution in [1.82, 2.24) is 9.55 Å². The van der Waals surface area contributed by atoms with E-state index in [1.807, 2.05) is 6.07 Å². The van der Waals surface area contributed by atoms with E-state index in [2.05, 4.69) is 150 Å². The number of benzene rings is 5. The lowest BCUT2D eigenvalue weighted by atomic mass is 9.88. The summed E-state index contributed by atoms with van der Waals surface area (Å²) in [5, 5.41) is 3.74. The molecule has 0 fully saturated rings. The third-order valence-electron chi connectivity index (χ3n) is 9.26. The number of fused-ring (bicyclic) bond motifs is 4. The summed E-state index contributed by atoms with van der Waals surface area (Å²) in [5.41, 5.74) is 12.5. The molecule has 0 N–H and O–H groups in total. The standard InChI is InChI=1S/C41H42N2OSi/c1-25(2)33-23-29(28-18-20-30(21-19-28)45(6,7)8)24-34(26(3)4)39(33)43-36-15-11-10-14-35(36)42-41(43)38-27(5)17-22-32-31-13-9-12-16-37(31)44-40(32)38/h9-26H,1-8H3. The summed E-state index contributed by atoms with van der Waals surface area (Å²) in [7, 11) is -1.38. The number of aromatic nitrogens is 2. The topological polar surface area (TPSA) is 31.0 Å². The van der Waals surface area contributed by atoms with Gasteiger partial charge in [0.25, 0.3) is 0 Å². The van der Waals surface area contributed by atoms with E-state index < -0.39 is 8.07 Å². The van der Waals surface area contributed by atoms with Crippen molar-refractivity contribution in [3.63, 3.8) is 0 Å². The first kappa shape index (κ1) is 29.3. The number of hydrogen-bond donors (Lipinski definition) is 0. The zero-order valence-corrected chi connectivity index (χ0v) is 28.7. The fraction of sp³-hybridized carbons (Fsp3) is 0.244. The molecule has 2 heterocycles. The SMILES string of the molecule is Cc1ccc2c(oc3ccccc32)c1-c1nc2ccccc2n1-c1c(C(C)C)cc(-c2ccc([Si](C)(C)C)cc2)cc1C(C)C. The van der Waals surface area contributed by atoms with Gasteiger partial charge in [-0.3, -0.25) is 4.57 Å². The van der Waals surface area contributed by atoms with Crippen LogP contribution in [-0.2, 0) is 0 Å². The zero-order valence-electron chi connectivity index (χ0n) is 27.7. The molecule has 0 amide bonds. The highest BCUT2D eigenvalue weighted by molar-refractivity contribution is 6.88. The van der Waals surface area contributed by atoms with Gasteiger partial charge in [0, 0.05) is 10.8 Å². The number of para-hydroxylation sites is 3. The van der Waals surface area contributed by atoms with Gasteiger partial charge in [-0.05, 0) is 76.9 Å². The van der Waals surface area contributed by atoms with Gasteiger partial charge in [0.1, 0.15) is 17.0 Å². The van der Waals surface area contributed by atoms with E-state index in [-0.39, 0.29) is 0 Å². The van der Waals surface area contributed by atoms with Gasteiger partial charge in [-0.25, -0.2) is 4.98 Å². The Balaban J connectivity index is 1.55. The van der Waals surface area contributed by atoms with E-state index >= 15 is 0 Å². The van der Waals surface area contributed by atoms with Gasteiger partial charge >= 0.3 is 0 Å². The van der Waals surface area contributed by atoms with Crippen LogP contribution in [0.25, 0.3) is 61.2 Å². The lowest BCUT2D eigenvalue weighted by Gasteiger charge is -2.25. The molecule has 0 spiro atoms. The van der Waals surface area contributed by atoms with Gasteiger partial charge in [0.2, 0.25) is 0 Å². The first-order valence-electron chi connectivity index (χ1n) is 16.2. The molecule has 2 aromatic heterocycles. The molecule has 0 radical (unpaired) electrons. The third-order valence-corrected chi connectivity index (χ3v) is 11.3. The Bertz CT molecular complexity index is 2180. The first-order chi connectivity index (χ1) is 21.5. The van der Waals surface area contributed by atoms with Crippen LogP contribution in [0.15, 0.2) is 101 Å². The number of imidazole rings is 1. The van der Waals surface area contributed by atoms with Crippen LogP contribution in [0.2, 0.25) is 19.6 Å². The maximum Gasteiger partial charge on any atom is 0.149 e. The minimum Gasteiger partial charge on any atom is -0.455 e. The minimum absolute atomic E-state index is 0.302. The summed E-state index contributed by atoms with van der Waals surface area (Å²) in [6, 6.07) is 35.4. The number of hydrogen-bond acceptors (Lipinski definition) is 2. The van der Waals surface area contributed by atoms with E-state index in [9.17, 15) is 0 Å². The average Bonchev–Trinajstić information content (AvgIpc) is 3.58. The lowest BCUT2D eigenvalue weighted by molar-refractivity contribution is 0.669. The van der Waals surface area contributed by atoms with E-state index in [0.29, 0.717) is 11.8 Å². The van der Waals surface area contributed by atoms with Gasteiger partial charge in [0.05, 0.1) is 30.4 Å². The monoisotopic (exact) mass is 606 g/mol. The van der Waals surface area contributed by atoms with Crippen LogP contribution in [0.1, 0.15) is 56.2 Å². The molecule has 0 saturated heterocycles. The highest BCUT2D eigenvalue weighted by Crippen LogP contribution is 2.43. The Kier molecular flexibility index (Phi) is 7.09. The van der Waals surface area contributed by atoms with Crippen LogP contribution in [0.5, 0.6) is 0 Å². The molecule has 0 atom stereocenters. The van der Waals surface area contributed by atoms with E-state index in [1.165, 1.54) is 33.1 Å². The number of furan rings is 1. The summed E-state index contributed by atoms with van der Waals surface area (Å²) >= 11 is 0. The van der Waals surface area contributed by atoms with Gasteiger partial charge in [0.15, 0.2) is 0 Å². The summed E-state index contributed by atoms with van der Waals surface area (Å²) in [5.74, 6) is 1.53. The molecule has 0 saturated carbocycles. The highest BCUT2D eigenvalue weighted by Gasteiger charge is 2.26. The molecule has 45 heavy (non-hydrogen) atoms. The Morgan fingerprint density at radius 1 is 0.689 bits per heavy atom. The van der Waals surface area contributed by atoms with E-state index in [1.54, 1.807) is 0 Å². The van der Waals surface area contributed by atoms with E-state index in [4.69, 9.17) is 9.40 Å². The maximum absolute atomic E-state index is 6.62. The van der Waals surface area contributed by atoms with Crippen LogP contribution < -0.4 is 5.19 Å². The van der Waals surface area contributed by atoms with Crippen molar-refractivity contribution in [1.29, 1.82) is 0 Å². The Labute approximate surface area is 267 Å². The molecule has 7 aromatic rings. The smallest absolute Gasteiger partial charge is 0.149 e. The molecular formula is C41H42N2OSi. The van der Waals surface area contributed by atoms with Crippen molar-refractivity contribution in [3.8, 4) is 28.2 Å². The fourth-order valence-electron chi connectivity index (χ4n) is 6.73. The highest BCUT2D eigenvalue weighted by atomic mass is 28.3. The molecule has 0 aliphatic carbocycles. The summed E-state index contributed by atoms with van der Waals surface area (Å²) < 4.78 is 9.04. The number of nitrogens with zero attached hydrogens (tertiary/aromatic N) is 2. The third kappa shape index (κ3) is 4.92. The Morgan fingerprint density at radius 3 is 2.00 bits per heavy atom. The number of aryl methyl sites for hydroxylation is 1.